The molecule has 0 bridgehead atoms. The van der Waals surface area contributed by atoms with Crippen LogP contribution in [-0.4, -0.2) is 74.9 Å². The molecule has 74 heavy (non-hydrogen) atoms. The number of hydrogen-bond acceptors (Lipinski definition) is 9. The first-order valence-corrected chi connectivity index (χ1v) is 36.6. The summed E-state index contributed by atoms with van der Waals surface area (Å²) in [6, 6.07) is 0. The fourth-order valence-electron chi connectivity index (χ4n) is 8.00. The van der Waals surface area contributed by atoms with Crippen molar-refractivity contribution in [2.45, 2.75) is 315 Å². The molecule has 0 saturated heterocycles. The molecule has 0 amide bonds. The Hall–Kier alpha value is -0.521. The van der Waals surface area contributed by atoms with Crippen LogP contribution in [0.15, 0.2) is 36.5 Å². The SMILES string of the molecule is CCCCCCCC/C=C\CCCCCCCCSCC(=O)[O-].CCCCCCCC/C=C\CCCCCCCCSCC(=O)[O-].CCCCCCCC/C=C\CCCCCCCCSCC(=O)[O-].CCC[CH2][Sn+3]. The van der Waals surface area contributed by atoms with Crippen LogP contribution in [0, 0.1) is 0 Å². The number of carbonyl (C=O) groups is 3. The van der Waals surface area contributed by atoms with Crippen molar-refractivity contribution in [2.24, 2.45) is 0 Å². The van der Waals surface area contributed by atoms with Crippen molar-refractivity contribution in [1.29, 1.82) is 0 Å². The van der Waals surface area contributed by atoms with Crippen LogP contribution in [0.3, 0.4) is 0 Å². The predicted molar refractivity (Wildman–Crippen MR) is 331 cm³/mol. The average molecular weight is 1200 g/mol. The van der Waals surface area contributed by atoms with Crippen LogP contribution in [0.1, 0.15) is 310 Å². The van der Waals surface area contributed by atoms with Gasteiger partial charge in [0, 0.05) is 17.3 Å². The fourth-order valence-corrected chi connectivity index (χ4v) is 11.2. The monoisotopic (exact) mass is 1200 g/mol. The number of allylic oxidation sites excluding steroid dienone is 6. The molecule has 0 aromatic rings. The number of carbonyl (C=O) groups excluding carboxylic acids is 3. The van der Waals surface area contributed by atoms with E-state index in [0.717, 1.165) is 36.5 Å². The molecule has 0 rings (SSSR count). The minimum atomic E-state index is -0.945. The summed E-state index contributed by atoms with van der Waals surface area (Å²) in [6.07, 6.45) is 72.2. The van der Waals surface area contributed by atoms with Crippen LogP contribution in [0.4, 0.5) is 0 Å². The molecule has 0 atom stereocenters. The molecule has 0 fully saturated rings. The summed E-state index contributed by atoms with van der Waals surface area (Å²) in [4.78, 5) is 30.7. The Balaban J connectivity index is -0.000000473. The van der Waals surface area contributed by atoms with E-state index < -0.39 is 17.9 Å². The van der Waals surface area contributed by atoms with Gasteiger partial charge in [0.25, 0.3) is 0 Å². The Morgan fingerprint density at radius 2 is 0.459 bits per heavy atom. The van der Waals surface area contributed by atoms with E-state index in [1.165, 1.54) is 303 Å². The maximum absolute atomic E-state index is 10.2. The first-order valence-electron chi connectivity index (χ1n) is 31.1. The third-order valence-corrected chi connectivity index (χ3v) is 16.7. The molecule has 0 radical (unpaired) electrons. The molecule has 0 saturated carbocycles. The molecule has 0 N–H and O–H groups in total. The summed E-state index contributed by atoms with van der Waals surface area (Å²) >= 11 is 6.12. The van der Waals surface area contributed by atoms with E-state index in [0.29, 0.717) is 0 Å². The number of carboxylic acid groups (broad SMARTS) is 3. The topological polar surface area (TPSA) is 120 Å². The number of carboxylic acids is 3. The van der Waals surface area contributed by atoms with Gasteiger partial charge in [0.2, 0.25) is 0 Å². The summed E-state index contributed by atoms with van der Waals surface area (Å²) in [5.41, 5.74) is 0. The fraction of sp³-hybridized carbons (Fsp3) is 0.859. The first kappa shape index (κ1) is 80.0. The van der Waals surface area contributed by atoms with Gasteiger partial charge in [0.05, 0.1) is 17.9 Å². The number of thioether (sulfide) groups is 3. The van der Waals surface area contributed by atoms with Gasteiger partial charge in [-0.15, -0.1) is 0 Å². The van der Waals surface area contributed by atoms with E-state index in [9.17, 15) is 29.7 Å². The first-order chi connectivity index (χ1) is 36.2. The quantitative estimate of drug-likeness (QED) is 0.0333. The normalized spacial score (nSPS) is 11.2. The van der Waals surface area contributed by atoms with Crippen molar-refractivity contribution in [3.05, 3.63) is 36.5 Å². The zero-order valence-corrected chi connectivity index (χ0v) is 54.5. The van der Waals surface area contributed by atoms with Crippen molar-refractivity contribution >= 4 is 75.7 Å². The van der Waals surface area contributed by atoms with Gasteiger partial charge in [-0.05, 0) is 114 Å². The summed E-state index contributed by atoms with van der Waals surface area (Å²) in [6.45, 7) is 9.02. The van der Waals surface area contributed by atoms with E-state index in [-0.39, 0.29) is 17.3 Å². The standard InChI is InChI=1S/3C20H38O2S.C4H9.Sn/c3*1-2-3-4-5-6-7-8-9-10-11-12-13-14-15-16-17-18-23-19-20(21)22;1-3-4-2;/h3*9-10H,2-8,11-19H2,1H3,(H,21,22);1,3-4H2,2H3;/q;;;;+3/p-3/b3*10-9-;;. The summed E-state index contributed by atoms with van der Waals surface area (Å²) in [5, 5.41) is 30.7. The molecular weight excluding hydrogens is 1080 g/mol. The molecule has 0 aliphatic carbocycles. The molecular formula is C64H120O6S3Sn. The van der Waals surface area contributed by atoms with Gasteiger partial charge in [-0.2, -0.15) is 35.3 Å². The van der Waals surface area contributed by atoms with E-state index >= 15 is 0 Å². The van der Waals surface area contributed by atoms with Crippen LogP contribution in [0.25, 0.3) is 0 Å². The van der Waals surface area contributed by atoms with Crippen LogP contribution in [0.5, 0.6) is 0 Å². The van der Waals surface area contributed by atoms with E-state index in [1.54, 1.807) is 22.5 Å². The predicted octanol–water partition coefficient (Wildman–Crippen LogP) is 17.9. The molecule has 6 nitrogen and oxygen atoms in total. The van der Waals surface area contributed by atoms with Crippen LogP contribution in [0.2, 0.25) is 4.44 Å². The van der Waals surface area contributed by atoms with Crippen molar-refractivity contribution in [1.82, 2.24) is 0 Å². The second kappa shape index (κ2) is 79.0. The second-order valence-corrected chi connectivity index (χ2v) is 24.9. The Kier molecular flexibility index (Phi) is 85.3. The number of aliphatic carboxylic acids is 3. The number of unbranched alkanes of at least 4 members (excludes halogenated alkanes) is 37. The maximum atomic E-state index is 10.2. The van der Waals surface area contributed by atoms with Crippen LogP contribution in [-0.2, 0) is 14.4 Å². The Labute approximate surface area is 487 Å². The van der Waals surface area contributed by atoms with Crippen molar-refractivity contribution in [3.63, 3.8) is 0 Å². The number of hydrogen-bond donors (Lipinski definition) is 0. The molecule has 0 aliphatic heterocycles. The van der Waals surface area contributed by atoms with Gasteiger partial charge < -0.3 is 29.7 Å². The van der Waals surface area contributed by atoms with Crippen molar-refractivity contribution in [3.8, 4) is 0 Å². The minimum absolute atomic E-state index is 0.144. The molecule has 0 unspecified atom stereocenters. The molecule has 0 heterocycles. The molecule has 0 aromatic heterocycles. The van der Waals surface area contributed by atoms with Gasteiger partial charge in [0.1, 0.15) is 0 Å². The molecule has 0 aliphatic rings. The van der Waals surface area contributed by atoms with Crippen molar-refractivity contribution < 1.29 is 29.7 Å². The van der Waals surface area contributed by atoms with E-state index in [4.69, 9.17) is 0 Å². The van der Waals surface area contributed by atoms with Crippen molar-refractivity contribution in [2.75, 3.05) is 34.5 Å². The zero-order chi connectivity index (χ0) is 55.2. The van der Waals surface area contributed by atoms with Crippen LogP contribution >= 0.6 is 35.3 Å². The third kappa shape index (κ3) is 93.9. The molecule has 0 spiro atoms. The van der Waals surface area contributed by atoms with E-state index in [2.05, 4.69) is 64.2 Å². The Bertz CT molecular complexity index is 1020. The van der Waals surface area contributed by atoms with Gasteiger partial charge in [-0.3, -0.25) is 0 Å². The van der Waals surface area contributed by atoms with Gasteiger partial charge >= 0.3 is 46.7 Å². The summed E-state index contributed by atoms with van der Waals surface area (Å²) in [5.74, 6) is 0.458. The Morgan fingerprint density at radius 1 is 0.284 bits per heavy atom. The third-order valence-electron chi connectivity index (χ3n) is 12.6. The second-order valence-electron chi connectivity index (χ2n) is 20.2. The summed E-state index contributed by atoms with van der Waals surface area (Å²) in [7, 11) is 0. The molecule has 0 aromatic carbocycles. The van der Waals surface area contributed by atoms with Gasteiger partial charge in [-0.1, -0.05) is 231 Å². The van der Waals surface area contributed by atoms with Crippen LogP contribution < -0.4 is 15.3 Å². The van der Waals surface area contributed by atoms with Gasteiger partial charge in [-0.25, -0.2) is 0 Å². The molecule has 10 heteroatoms. The summed E-state index contributed by atoms with van der Waals surface area (Å²) < 4.78 is 1.43. The number of rotatable bonds is 56. The Morgan fingerprint density at radius 3 is 0.622 bits per heavy atom. The zero-order valence-electron chi connectivity index (χ0n) is 49.2. The average Bonchev–Trinajstić information content (AvgIpc) is 3.38. The van der Waals surface area contributed by atoms with E-state index in [1.807, 2.05) is 0 Å². The van der Waals surface area contributed by atoms with Gasteiger partial charge in [0.15, 0.2) is 0 Å². The molecule has 434 valence electrons.